The SMILES string of the molecule is Cc1ccc(N2CCN(CCCCCOc3ccc([N+](=O)[O-])cn3)CC2)cc1C. The number of piperazine rings is 1. The van der Waals surface area contributed by atoms with Gasteiger partial charge < -0.3 is 9.64 Å². The van der Waals surface area contributed by atoms with Gasteiger partial charge in [0.25, 0.3) is 5.69 Å². The van der Waals surface area contributed by atoms with Gasteiger partial charge in [0, 0.05) is 44.0 Å². The quantitative estimate of drug-likeness (QED) is 0.361. The van der Waals surface area contributed by atoms with Crippen LogP contribution in [0.3, 0.4) is 0 Å². The number of rotatable bonds is 9. The van der Waals surface area contributed by atoms with Crippen LogP contribution >= 0.6 is 0 Å². The Morgan fingerprint density at radius 1 is 1.03 bits per heavy atom. The molecule has 1 aliphatic heterocycles. The molecule has 1 aliphatic rings. The molecule has 0 spiro atoms. The molecule has 1 aromatic heterocycles. The number of aromatic nitrogens is 1. The molecule has 0 aliphatic carbocycles. The van der Waals surface area contributed by atoms with Gasteiger partial charge in [-0.05, 0) is 62.9 Å². The maximum Gasteiger partial charge on any atom is 0.287 e. The molecular formula is C22H30N4O3. The zero-order chi connectivity index (χ0) is 20.6. The average Bonchev–Trinajstić information content (AvgIpc) is 2.73. The summed E-state index contributed by atoms with van der Waals surface area (Å²) in [6.45, 7) is 10.4. The van der Waals surface area contributed by atoms with Gasteiger partial charge in [0.2, 0.25) is 5.88 Å². The Bertz CT molecular complexity index is 802. The number of pyridine rings is 1. The van der Waals surface area contributed by atoms with E-state index in [0.717, 1.165) is 52.0 Å². The number of aryl methyl sites for hydroxylation is 2. The Morgan fingerprint density at radius 2 is 1.83 bits per heavy atom. The molecule has 0 unspecified atom stereocenters. The van der Waals surface area contributed by atoms with Crippen LogP contribution in [0.2, 0.25) is 0 Å². The molecule has 0 N–H and O–H groups in total. The highest BCUT2D eigenvalue weighted by molar-refractivity contribution is 5.51. The highest BCUT2D eigenvalue weighted by Gasteiger charge is 2.17. The normalized spacial score (nSPS) is 14.8. The second kappa shape index (κ2) is 10.2. The maximum atomic E-state index is 10.6. The smallest absolute Gasteiger partial charge is 0.287 e. The zero-order valence-electron chi connectivity index (χ0n) is 17.3. The van der Waals surface area contributed by atoms with Crippen molar-refractivity contribution in [3.63, 3.8) is 0 Å². The van der Waals surface area contributed by atoms with Crippen LogP contribution in [-0.4, -0.2) is 54.1 Å². The van der Waals surface area contributed by atoms with E-state index in [0.29, 0.717) is 12.5 Å². The fourth-order valence-corrected chi connectivity index (χ4v) is 3.51. The monoisotopic (exact) mass is 398 g/mol. The number of nitrogens with zero attached hydrogens (tertiary/aromatic N) is 4. The van der Waals surface area contributed by atoms with Crippen LogP contribution in [0.4, 0.5) is 11.4 Å². The lowest BCUT2D eigenvalue weighted by molar-refractivity contribution is -0.385. The topological polar surface area (TPSA) is 71.7 Å². The highest BCUT2D eigenvalue weighted by Crippen LogP contribution is 2.20. The average molecular weight is 399 g/mol. The van der Waals surface area contributed by atoms with Crippen molar-refractivity contribution >= 4 is 11.4 Å². The molecule has 29 heavy (non-hydrogen) atoms. The van der Waals surface area contributed by atoms with Gasteiger partial charge in [-0.25, -0.2) is 4.98 Å². The molecule has 1 aromatic carbocycles. The molecule has 0 atom stereocenters. The van der Waals surface area contributed by atoms with E-state index in [1.165, 1.54) is 29.1 Å². The van der Waals surface area contributed by atoms with Crippen molar-refractivity contribution < 1.29 is 9.66 Å². The lowest BCUT2D eigenvalue weighted by Crippen LogP contribution is -2.46. The zero-order valence-corrected chi connectivity index (χ0v) is 17.3. The van der Waals surface area contributed by atoms with Gasteiger partial charge in [-0.15, -0.1) is 0 Å². The van der Waals surface area contributed by atoms with Gasteiger partial charge in [-0.2, -0.15) is 0 Å². The minimum atomic E-state index is -0.460. The van der Waals surface area contributed by atoms with Crippen molar-refractivity contribution in [1.29, 1.82) is 0 Å². The Balaban J connectivity index is 1.28. The summed E-state index contributed by atoms with van der Waals surface area (Å²) in [5.74, 6) is 0.443. The molecule has 1 fully saturated rings. The predicted octanol–water partition coefficient (Wildman–Crippen LogP) is 3.98. The Hall–Kier alpha value is -2.67. The van der Waals surface area contributed by atoms with Crippen LogP contribution < -0.4 is 9.64 Å². The molecule has 2 heterocycles. The number of ether oxygens (including phenoxy) is 1. The van der Waals surface area contributed by atoms with Crippen molar-refractivity contribution in [2.24, 2.45) is 0 Å². The summed E-state index contributed by atoms with van der Waals surface area (Å²) in [6.07, 6.45) is 4.44. The number of hydrogen-bond donors (Lipinski definition) is 0. The lowest BCUT2D eigenvalue weighted by Gasteiger charge is -2.36. The van der Waals surface area contributed by atoms with Crippen LogP contribution in [0.15, 0.2) is 36.5 Å². The first kappa shape index (κ1) is 21.0. The molecule has 0 amide bonds. The summed E-state index contributed by atoms with van der Waals surface area (Å²) in [4.78, 5) is 19.1. The van der Waals surface area contributed by atoms with E-state index in [2.05, 4.69) is 46.8 Å². The van der Waals surface area contributed by atoms with E-state index in [1.54, 1.807) is 6.07 Å². The molecule has 2 aromatic rings. The number of hydrogen-bond acceptors (Lipinski definition) is 6. The first-order chi connectivity index (χ1) is 14.0. The van der Waals surface area contributed by atoms with E-state index < -0.39 is 4.92 Å². The fraction of sp³-hybridized carbons (Fsp3) is 0.500. The van der Waals surface area contributed by atoms with Gasteiger partial charge in [0.05, 0.1) is 11.5 Å². The minimum absolute atomic E-state index is 0.0186. The Labute approximate surface area is 172 Å². The molecule has 156 valence electrons. The van der Waals surface area contributed by atoms with E-state index in [-0.39, 0.29) is 5.69 Å². The summed E-state index contributed by atoms with van der Waals surface area (Å²) < 4.78 is 5.56. The van der Waals surface area contributed by atoms with Crippen LogP contribution in [0.5, 0.6) is 5.88 Å². The third-order valence-electron chi connectivity index (χ3n) is 5.53. The van der Waals surface area contributed by atoms with E-state index >= 15 is 0 Å². The molecule has 7 heteroatoms. The van der Waals surface area contributed by atoms with Crippen molar-refractivity contribution in [1.82, 2.24) is 9.88 Å². The number of nitro groups is 1. The van der Waals surface area contributed by atoms with Crippen LogP contribution in [0.1, 0.15) is 30.4 Å². The largest absolute Gasteiger partial charge is 0.478 e. The summed E-state index contributed by atoms with van der Waals surface area (Å²) in [6, 6.07) is 9.71. The molecule has 7 nitrogen and oxygen atoms in total. The van der Waals surface area contributed by atoms with Gasteiger partial charge in [0.1, 0.15) is 6.20 Å². The molecular weight excluding hydrogens is 368 g/mol. The van der Waals surface area contributed by atoms with E-state index in [4.69, 9.17) is 4.74 Å². The van der Waals surface area contributed by atoms with Gasteiger partial charge in [0.15, 0.2) is 0 Å². The summed E-state index contributed by atoms with van der Waals surface area (Å²) in [5.41, 5.74) is 4.02. The van der Waals surface area contributed by atoms with E-state index in [1.807, 2.05) is 0 Å². The Kier molecular flexibility index (Phi) is 7.41. The minimum Gasteiger partial charge on any atom is -0.478 e. The van der Waals surface area contributed by atoms with Crippen molar-refractivity contribution in [3.05, 3.63) is 57.8 Å². The van der Waals surface area contributed by atoms with Crippen LogP contribution in [0, 0.1) is 24.0 Å². The van der Waals surface area contributed by atoms with Gasteiger partial charge >= 0.3 is 0 Å². The lowest BCUT2D eigenvalue weighted by atomic mass is 10.1. The van der Waals surface area contributed by atoms with Gasteiger partial charge in [-0.3, -0.25) is 15.0 Å². The molecule has 0 saturated carbocycles. The molecule has 3 rings (SSSR count). The number of unbranched alkanes of at least 4 members (excludes halogenated alkanes) is 2. The summed E-state index contributed by atoms with van der Waals surface area (Å²) in [7, 11) is 0. The number of anilines is 1. The van der Waals surface area contributed by atoms with Crippen LogP contribution in [-0.2, 0) is 0 Å². The summed E-state index contributed by atoms with van der Waals surface area (Å²) in [5, 5.41) is 10.6. The summed E-state index contributed by atoms with van der Waals surface area (Å²) >= 11 is 0. The predicted molar refractivity (Wildman–Crippen MR) is 115 cm³/mol. The second-order valence-corrected chi connectivity index (χ2v) is 7.62. The standard InChI is InChI=1S/C22H30N4O3/c1-18-6-7-20(16-19(18)2)25-13-11-24(12-14-25)10-4-3-5-15-29-22-9-8-21(17-23-22)26(27)28/h6-9,16-17H,3-5,10-15H2,1-2H3. The van der Waals surface area contributed by atoms with Crippen molar-refractivity contribution in [2.45, 2.75) is 33.1 Å². The fourth-order valence-electron chi connectivity index (χ4n) is 3.51. The highest BCUT2D eigenvalue weighted by atomic mass is 16.6. The molecule has 0 bridgehead atoms. The third-order valence-corrected chi connectivity index (χ3v) is 5.53. The first-order valence-corrected chi connectivity index (χ1v) is 10.3. The van der Waals surface area contributed by atoms with E-state index in [9.17, 15) is 10.1 Å². The number of benzene rings is 1. The molecule has 1 saturated heterocycles. The second-order valence-electron chi connectivity index (χ2n) is 7.62. The van der Waals surface area contributed by atoms with Crippen LogP contribution in [0.25, 0.3) is 0 Å². The third kappa shape index (κ3) is 6.15. The van der Waals surface area contributed by atoms with Crippen molar-refractivity contribution in [3.8, 4) is 5.88 Å². The van der Waals surface area contributed by atoms with Gasteiger partial charge in [-0.1, -0.05) is 6.07 Å². The maximum absolute atomic E-state index is 10.6. The Morgan fingerprint density at radius 3 is 2.48 bits per heavy atom. The molecule has 0 radical (unpaired) electrons. The van der Waals surface area contributed by atoms with Crippen molar-refractivity contribution in [2.75, 3.05) is 44.2 Å². The first-order valence-electron chi connectivity index (χ1n) is 10.3.